The van der Waals surface area contributed by atoms with Gasteiger partial charge in [-0.05, 0) is 24.6 Å². The van der Waals surface area contributed by atoms with Crippen LogP contribution in [-0.4, -0.2) is 34.5 Å². The van der Waals surface area contributed by atoms with E-state index >= 15 is 0 Å². The Hall–Kier alpha value is -1.31. The number of methoxy groups -OCH3 is 1. The molecule has 0 unspecified atom stereocenters. The summed E-state index contributed by atoms with van der Waals surface area (Å²) >= 11 is 5.88. The number of hydrogen-bond acceptors (Lipinski definition) is 4. The first-order chi connectivity index (χ1) is 9.27. The van der Waals surface area contributed by atoms with Gasteiger partial charge in [0.25, 0.3) is 0 Å². The molecule has 0 radical (unpaired) electrons. The smallest absolute Gasteiger partial charge is 0.244 e. The van der Waals surface area contributed by atoms with Gasteiger partial charge in [0.2, 0.25) is 15.9 Å². The van der Waals surface area contributed by atoms with Crippen molar-refractivity contribution in [2.24, 2.45) is 0 Å². The van der Waals surface area contributed by atoms with Crippen LogP contribution in [0, 0.1) is 6.92 Å². The predicted molar refractivity (Wildman–Crippen MR) is 76.6 cm³/mol. The van der Waals surface area contributed by atoms with Crippen molar-refractivity contribution in [2.75, 3.05) is 20.2 Å². The predicted octanol–water partition coefficient (Wildman–Crippen LogP) is 1.07. The second-order valence-electron chi connectivity index (χ2n) is 4.13. The Labute approximate surface area is 123 Å². The number of benzene rings is 1. The molecule has 1 aromatic carbocycles. The van der Waals surface area contributed by atoms with Crippen LogP contribution in [0.5, 0.6) is 5.75 Å². The molecule has 112 valence electrons. The van der Waals surface area contributed by atoms with Gasteiger partial charge in [-0.1, -0.05) is 11.6 Å². The first kappa shape index (κ1) is 16.7. The van der Waals surface area contributed by atoms with Crippen molar-refractivity contribution < 1.29 is 17.9 Å². The van der Waals surface area contributed by atoms with Gasteiger partial charge in [-0.25, -0.2) is 13.1 Å². The Morgan fingerprint density at radius 3 is 2.55 bits per heavy atom. The van der Waals surface area contributed by atoms with Gasteiger partial charge in [0.1, 0.15) is 10.6 Å². The standard InChI is InChI=1S/C12H17ClN2O4S/c1-8-6-10(13)7-11(12(8)19-3)20(17,18)15-5-4-14-9(2)16/h6-7,15H,4-5H2,1-3H3,(H,14,16). The Morgan fingerprint density at radius 2 is 2.00 bits per heavy atom. The fourth-order valence-corrected chi connectivity index (χ4v) is 3.30. The van der Waals surface area contributed by atoms with Gasteiger partial charge >= 0.3 is 0 Å². The van der Waals surface area contributed by atoms with E-state index in [0.29, 0.717) is 10.6 Å². The summed E-state index contributed by atoms with van der Waals surface area (Å²) in [6.07, 6.45) is 0. The van der Waals surface area contributed by atoms with Crippen molar-refractivity contribution in [3.63, 3.8) is 0 Å². The molecule has 6 nitrogen and oxygen atoms in total. The minimum atomic E-state index is -3.76. The Morgan fingerprint density at radius 1 is 1.35 bits per heavy atom. The lowest BCUT2D eigenvalue weighted by Gasteiger charge is -2.13. The first-order valence-electron chi connectivity index (χ1n) is 5.86. The zero-order valence-corrected chi connectivity index (χ0v) is 13.1. The van der Waals surface area contributed by atoms with Crippen LogP contribution in [-0.2, 0) is 14.8 Å². The van der Waals surface area contributed by atoms with Crippen molar-refractivity contribution in [2.45, 2.75) is 18.7 Å². The molecule has 0 spiro atoms. The van der Waals surface area contributed by atoms with E-state index in [0.717, 1.165) is 0 Å². The van der Waals surface area contributed by atoms with Gasteiger partial charge in [-0.15, -0.1) is 0 Å². The van der Waals surface area contributed by atoms with Crippen LogP contribution >= 0.6 is 11.6 Å². The lowest BCUT2D eigenvalue weighted by atomic mass is 10.2. The van der Waals surface area contributed by atoms with Crippen LogP contribution in [0.4, 0.5) is 0 Å². The molecule has 0 saturated heterocycles. The van der Waals surface area contributed by atoms with Crippen molar-refractivity contribution in [3.8, 4) is 5.75 Å². The third-order valence-corrected chi connectivity index (χ3v) is 4.17. The number of hydrogen-bond donors (Lipinski definition) is 2. The van der Waals surface area contributed by atoms with E-state index in [-0.39, 0.29) is 29.6 Å². The van der Waals surface area contributed by atoms with Crippen molar-refractivity contribution >= 4 is 27.5 Å². The second kappa shape index (κ2) is 6.92. The fraction of sp³-hybridized carbons (Fsp3) is 0.417. The highest BCUT2D eigenvalue weighted by atomic mass is 35.5. The molecule has 0 aliphatic rings. The van der Waals surface area contributed by atoms with Crippen molar-refractivity contribution in [1.29, 1.82) is 0 Å². The van der Waals surface area contributed by atoms with Crippen molar-refractivity contribution in [3.05, 3.63) is 22.7 Å². The molecule has 0 fully saturated rings. The Kier molecular flexibility index (Phi) is 5.79. The van der Waals surface area contributed by atoms with Gasteiger partial charge in [-0.2, -0.15) is 0 Å². The number of rotatable bonds is 6. The van der Waals surface area contributed by atoms with Gasteiger partial charge in [0, 0.05) is 25.0 Å². The van der Waals surface area contributed by atoms with Gasteiger partial charge in [0.15, 0.2) is 0 Å². The summed E-state index contributed by atoms with van der Waals surface area (Å²) in [6, 6.07) is 2.95. The average Bonchev–Trinajstić information content (AvgIpc) is 2.33. The summed E-state index contributed by atoms with van der Waals surface area (Å²) in [5, 5.41) is 2.81. The van der Waals surface area contributed by atoms with Gasteiger partial charge in [0.05, 0.1) is 7.11 Å². The minimum Gasteiger partial charge on any atom is -0.495 e. The molecular formula is C12H17ClN2O4S. The lowest BCUT2D eigenvalue weighted by molar-refractivity contribution is -0.118. The summed E-state index contributed by atoms with van der Waals surface area (Å²) in [6.45, 7) is 3.35. The zero-order chi connectivity index (χ0) is 15.3. The third kappa shape index (κ3) is 4.36. The fourth-order valence-electron chi connectivity index (χ4n) is 1.66. The number of amides is 1. The van der Waals surface area contributed by atoms with Crippen LogP contribution < -0.4 is 14.8 Å². The van der Waals surface area contributed by atoms with E-state index < -0.39 is 10.0 Å². The number of carbonyl (C=O) groups is 1. The van der Waals surface area contributed by atoms with Gasteiger partial charge in [-0.3, -0.25) is 4.79 Å². The molecule has 0 aliphatic carbocycles. The molecular weight excluding hydrogens is 304 g/mol. The SMILES string of the molecule is COc1c(C)cc(Cl)cc1S(=O)(=O)NCCNC(C)=O. The molecule has 20 heavy (non-hydrogen) atoms. The highest BCUT2D eigenvalue weighted by Gasteiger charge is 2.21. The normalized spacial score (nSPS) is 11.2. The molecule has 8 heteroatoms. The summed E-state index contributed by atoms with van der Waals surface area (Å²) in [4.78, 5) is 10.7. The van der Waals surface area contributed by atoms with Crippen LogP contribution in [0.3, 0.4) is 0 Å². The van der Waals surface area contributed by atoms with E-state index in [1.165, 1.54) is 20.1 Å². The molecule has 1 rings (SSSR count). The molecule has 2 N–H and O–H groups in total. The number of nitrogens with one attached hydrogen (secondary N) is 2. The summed E-state index contributed by atoms with van der Waals surface area (Å²) in [7, 11) is -2.36. The molecule has 0 aliphatic heterocycles. The second-order valence-corrected chi connectivity index (χ2v) is 6.31. The van der Waals surface area contributed by atoms with E-state index in [4.69, 9.17) is 16.3 Å². The first-order valence-corrected chi connectivity index (χ1v) is 7.72. The zero-order valence-electron chi connectivity index (χ0n) is 11.5. The maximum atomic E-state index is 12.2. The topological polar surface area (TPSA) is 84.5 Å². The van der Waals surface area contributed by atoms with Crippen LogP contribution in [0.25, 0.3) is 0 Å². The molecule has 0 saturated carbocycles. The number of carbonyl (C=O) groups excluding carboxylic acids is 1. The van der Waals surface area contributed by atoms with E-state index in [1.807, 2.05) is 0 Å². The molecule has 1 amide bonds. The van der Waals surface area contributed by atoms with Crippen molar-refractivity contribution in [1.82, 2.24) is 10.0 Å². The maximum absolute atomic E-state index is 12.2. The minimum absolute atomic E-state index is 0.0205. The monoisotopic (exact) mass is 320 g/mol. The number of sulfonamides is 1. The quantitative estimate of drug-likeness (QED) is 0.768. The highest BCUT2D eigenvalue weighted by molar-refractivity contribution is 7.89. The van der Waals surface area contributed by atoms with Crippen LogP contribution in [0.1, 0.15) is 12.5 Å². The lowest BCUT2D eigenvalue weighted by Crippen LogP contribution is -2.33. The number of halogens is 1. The van der Waals surface area contributed by atoms with E-state index in [2.05, 4.69) is 10.0 Å². The highest BCUT2D eigenvalue weighted by Crippen LogP contribution is 2.30. The Bertz CT molecular complexity index is 602. The van der Waals surface area contributed by atoms with Gasteiger partial charge < -0.3 is 10.1 Å². The molecule has 0 bridgehead atoms. The number of ether oxygens (including phenoxy) is 1. The number of aryl methyl sites for hydroxylation is 1. The summed E-state index contributed by atoms with van der Waals surface area (Å²) in [5.41, 5.74) is 0.627. The Balaban J connectivity index is 2.95. The third-order valence-electron chi connectivity index (χ3n) is 2.49. The molecule has 1 aromatic rings. The molecule has 0 heterocycles. The summed E-state index contributed by atoms with van der Waals surface area (Å²) < 4.78 is 31.9. The molecule has 0 atom stereocenters. The van der Waals surface area contributed by atoms with Crippen LogP contribution in [0.2, 0.25) is 5.02 Å². The maximum Gasteiger partial charge on any atom is 0.244 e. The van der Waals surface area contributed by atoms with E-state index in [1.54, 1.807) is 13.0 Å². The molecule has 0 aromatic heterocycles. The van der Waals surface area contributed by atoms with Crippen LogP contribution in [0.15, 0.2) is 17.0 Å². The summed E-state index contributed by atoms with van der Waals surface area (Å²) in [5.74, 6) is 0.0294. The van der Waals surface area contributed by atoms with E-state index in [9.17, 15) is 13.2 Å². The average molecular weight is 321 g/mol. The largest absolute Gasteiger partial charge is 0.495 e.